The van der Waals surface area contributed by atoms with Gasteiger partial charge in [-0.2, -0.15) is 0 Å². The van der Waals surface area contributed by atoms with E-state index in [1.54, 1.807) is 0 Å². The van der Waals surface area contributed by atoms with E-state index in [0.717, 1.165) is 37.9 Å². The molecule has 1 heterocycles. The highest BCUT2D eigenvalue weighted by molar-refractivity contribution is 5.75. The molecular weight excluding hydrogens is 202 g/mol. The first-order valence-corrected chi connectivity index (χ1v) is 5.63. The lowest BCUT2D eigenvalue weighted by atomic mass is 9.93. The predicted octanol–water partition coefficient (Wildman–Crippen LogP) is 1.85. The monoisotopic (exact) mass is 219 g/mol. The van der Waals surface area contributed by atoms with Crippen LogP contribution in [-0.2, 0) is 0 Å². The summed E-state index contributed by atoms with van der Waals surface area (Å²) >= 11 is 0. The Labute approximate surface area is 95.7 Å². The van der Waals surface area contributed by atoms with E-state index in [2.05, 4.69) is 4.90 Å². The number of carbonyl (C=O) groups is 1. The summed E-state index contributed by atoms with van der Waals surface area (Å²) < 4.78 is 0. The third kappa shape index (κ3) is 2.42. The number of nitrogens with zero attached hydrogens (tertiary/aromatic N) is 1. The van der Waals surface area contributed by atoms with Gasteiger partial charge < -0.3 is 10.0 Å². The summed E-state index contributed by atoms with van der Waals surface area (Å²) in [6.07, 6.45) is 2.44. The van der Waals surface area contributed by atoms with Gasteiger partial charge >= 0.3 is 0 Å². The second-order valence-corrected chi connectivity index (χ2v) is 4.69. The number of hydrogen-bond donors (Lipinski definition) is 1. The van der Waals surface area contributed by atoms with Crippen LogP contribution in [0.4, 0.5) is 5.69 Å². The molecule has 1 aromatic carbocycles. The minimum atomic E-state index is -0.515. The van der Waals surface area contributed by atoms with Gasteiger partial charge in [-0.25, -0.2) is 0 Å². The summed E-state index contributed by atoms with van der Waals surface area (Å²) in [5.74, 6) is 0. The molecule has 2 rings (SSSR count). The Morgan fingerprint density at radius 3 is 2.31 bits per heavy atom. The average Bonchev–Trinajstić information content (AvgIpc) is 2.29. The number of carbonyl (C=O) groups excluding carboxylic acids is 1. The molecule has 0 amide bonds. The normalized spacial score (nSPS) is 19.5. The molecule has 0 atom stereocenters. The maximum Gasteiger partial charge on any atom is 0.150 e. The zero-order chi connectivity index (χ0) is 11.6. The van der Waals surface area contributed by atoms with Crippen LogP contribution in [-0.4, -0.2) is 30.1 Å². The van der Waals surface area contributed by atoms with Gasteiger partial charge in [-0.1, -0.05) is 0 Å². The van der Waals surface area contributed by atoms with Gasteiger partial charge in [0.1, 0.15) is 6.29 Å². The number of rotatable bonds is 2. The van der Waals surface area contributed by atoms with Gasteiger partial charge in [-0.05, 0) is 44.0 Å². The van der Waals surface area contributed by atoms with Crippen LogP contribution in [0.3, 0.4) is 0 Å². The van der Waals surface area contributed by atoms with Crippen LogP contribution < -0.4 is 4.90 Å². The minimum absolute atomic E-state index is 0.515. The Balaban J connectivity index is 2.05. The first-order valence-electron chi connectivity index (χ1n) is 5.63. The molecule has 1 aliphatic heterocycles. The van der Waals surface area contributed by atoms with Gasteiger partial charge in [0.2, 0.25) is 0 Å². The molecule has 1 aliphatic rings. The third-order valence-electron chi connectivity index (χ3n) is 3.23. The molecule has 0 bridgehead atoms. The highest BCUT2D eigenvalue weighted by Gasteiger charge is 2.27. The molecular formula is C13H17NO2. The maximum atomic E-state index is 10.5. The first kappa shape index (κ1) is 11.1. The number of hydrogen-bond acceptors (Lipinski definition) is 3. The van der Waals surface area contributed by atoms with Gasteiger partial charge in [-0.3, -0.25) is 4.79 Å². The molecule has 16 heavy (non-hydrogen) atoms. The van der Waals surface area contributed by atoms with Crippen LogP contribution >= 0.6 is 0 Å². The second-order valence-electron chi connectivity index (χ2n) is 4.69. The van der Waals surface area contributed by atoms with Gasteiger partial charge in [-0.15, -0.1) is 0 Å². The van der Waals surface area contributed by atoms with E-state index >= 15 is 0 Å². The Bertz CT molecular complexity index is 360. The second kappa shape index (κ2) is 4.26. The molecule has 1 aromatic rings. The van der Waals surface area contributed by atoms with Crippen LogP contribution in [0.5, 0.6) is 0 Å². The van der Waals surface area contributed by atoms with Crippen molar-refractivity contribution in [2.24, 2.45) is 0 Å². The molecule has 3 heteroatoms. The van der Waals surface area contributed by atoms with E-state index in [9.17, 15) is 9.90 Å². The number of aldehydes is 1. The minimum Gasteiger partial charge on any atom is -0.390 e. The van der Waals surface area contributed by atoms with Crippen molar-refractivity contribution in [2.45, 2.75) is 25.4 Å². The van der Waals surface area contributed by atoms with Crippen molar-refractivity contribution in [3.05, 3.63) is 29.8 Å². The third-order valence-corrected chi connectivity index (χ3v) is 3.23. The van der Waals surface area contributed by atoms with Crippen molar-refractivity contribution in [2.75, 3.05) is 18.0 Å². The Hall–Kier alpha value is -1.35. The Morgan fingerprint density at radius 1 is 1.25 bits per heavy atom. The van der Waals surface area contributed by atoms with E-state index in [0.29, 0.717) is 5.56 Å². The molecule has 0 unspecified atom stereocenters. The predicted molar refractivity (Wildman–Crippen MR) is 63.9 cm³/mol. The summed E-state index contributed by atoms with van der Waals surface area (Å²) in [4.78, 5) is 12.8. The summed E-state index contributed by atoms with van der Waals surface area (Å²) in [7, 11) is 0. The van der Waals surface area contributed by atoms with E-state index in [1.165, 1.54) is 0 Å². The quantitative estimate of drug-likeness (QED) is 0.772. The van der Waals surface area contributed by atoms with Crippen LogP contribution in [0.15, 0.2) is 24.3 Å². The maximum absolute atomic E-state index is 10.5. The lowest BCUT2D eigenvalue weighted by Gasteiger charge is -2.37. The highest BCUT2D eigenvalue weighted by Crippen LogP contribution is 2.25. The average molecular weight is 219 g/mol. The molecule has 0 radical (unpaired) electrons. The standard InChI is InChI=1S/C13H17NO2/c1-13(16)6-8-14(9-7-13)12-4-2-11(10-15)3-5-12/h2-5,10,16H,6-9H2,1H3. The summed E-state index contributed by atoms with van der Waals surface area (Å²) in [6, 6.07) is 7.58. The van der Waals surface area contributed by atoms with Crippen molar-refractivity contribution in [1.29, 1.82) is 0 Å². The topological polar surface area (TPSA) is 40.5 Å². The van der Waals surface area contributed by atoms with Crippen molar-refractivity contribution in [1.82, 2.24) is 0 Å². The number of anilines is 1. The molecule has 3 nitrogen and oxygen atoms in total. The molecule has 0 aromatic heterocycles. The molecule has 1 fully saturated rings. The van der Waals surface area contributed by atoms with Crippen molar-refractivity contribution < 1.29 is 9.90 Å². The molecule has 86 valence electrons. The van der Waals surface area contributed by atoms with E-state index < -0.39 is 5.60 Å². The van der Waals surface area contributed by atoms with Gasteiger partial charge in [0, 0.05) is 24.3 Å². The van der Waals surface area contributed by atoms with E-state index in [1.807, 2.05) is 31.2 Å². The highest BCUT2D eigenvalue weighted by atomic mass is 16.3. The van der Waals surface area contributed by atoms with Crippen molar-refractivity contribution >= 4 is 12.0 Å². The smallest absolute Gasteiger partial charge is 0.150 e. The van der Waals surface area contributed by atoms with Crippen LogP contribution in [0.25, 0.3) is 0 Å². The summed E-state index contributed by atoms with van der Waals surface area (Å²) in [5.41, 5.74) is 1.31. The zero-order valence-corrected chi connectivity index (χ0v) is 9.52. The summed E-state index contributed by atoms with van der Waals surface area (Å²) in [5, 5.41) is 9.85. The zero-order valence-electron chi connectivity index (χ0n) is 9.52. The van der Waals surface area contributed by atoms with Crippen LogP contribution in [0, 0.1) is 0 Å². The van der Waals surface area contributed by atoms with E-state index in [4.69, 9.17) is 0 Å². The molecule has 0 saturated carbocycles. The molecule has 1 N–H and O–H groups in total. The Kier molecular flexibility index (Phi) is 2.97. The summed E-state index contributed by atoms with van der Waals surface area (Å²) in [6.45, 7) is 3.63. The van der Waals surface area contributed by atoms with Crippen LogP contribution in [0.1, 0.15) is 30.1 Å². The lowest BCUT2D eigenvalue weighted by molar-refractivity contribution is 0.0351. The van der Waals surface area contributed by atoms with Crippen LogP contribution in [0.2, 0.25) is 0 Å². The Morgan fingerprint density at radius 2 is 1.81 bits per heavy atom. The fourth-order valence-electron chi connectivity index (χ4n) is 2.01. The van der Waals surface area contributed by atoms with Gasteiger partial charge in [0.05, 0.1) is 5.60 Å². The van der Waals surface area contributed by atoms with Gasteiger partial charge in [0.15, 0.2) is 0 Å². The first-order chi connectivity index (χ1) is 7.61. The fraction of sp³-hybridized carbons (Fsp3) is 0.462. The van der Waals surface area contributed by atoms with Crippen molar-refractivity contribution in [3.63, 3.8) is 0 Å². The molecule has 1 saturated heterocycles. The van der Waals surface area contributed by atoms with Gasteiger partial charge in [0.25, 0.3) is 0 Å². The van der Waals surface area contributed by atoms with Crippen molar-refractivity contribution in [3.8, 4) is 0 Å². The number of benzene rings is 1. The molecule has 0 spiro atoms. The number of piperidine rings is 1. The lowest BCUT2D eigenvalue weighted by Crippen LogP contribution is -2.42. The fourth-order valence-corrected chi connectivity index (χ4v) is 2.01. The van der Waals surface area contributed by atoms with E-state index in [-0.39, 0.29) is 0 Å². The SMILES string of the molecule is CC1(O)CCN(c2ccc(C=O)cc2)CC1. The largest absolute Gasteiger partial charge is 0.390 e. The number of aliphatic hydroxyl groups is 1. The molecule has 0 aliphatic carbocycles.